The standard InChI is InChI=1S/C29H34N4O4/c1-22(21-35-3)37-27-19-24(17-25(20-27)29(34)30-28-11-14-32(2)31-28)10-9-23-7-6-8-26(18-23)36-16-15-33-12-4-5-13-33/h6-8,11,14,17-20,22H,4-5,12-13,15-16,21H2,1-3H3,(H,30,31,34)/t22-/m0/s1. The maximum atomic E-state index is 12.9. The van der Waals surface area contributed by atoms with Crippen LogP contribution in [0.2, 0.25) is 0 Å². The van der Waals surface area contributed by atoms with Gasteiger partial charge in [0.1, 0.15) is 24.2 Å². The van der Waals surface area contributed by atoms with Crippen LogP contribution in [0.4, 0.5) is 5.82 Å². The molecule has 0 unspecified atom stereocenters. The van der Waals surface area contributed by atoms with E-state index in [1.54, 1.807) is 43.2 Å². The minimum Gasteiger partial charge on any atom is -0.492 e. The second-order valence-electron chi connectivity index (χ2n) is 9.13. The molecule has 0 spiro atoms. The van der Waals surface area contributed by atoms with Gasteiger partial charge in [-0.2, -0.15) is 5.10 Å². The molecule has 1 aromatic heterocycles. The molecule has 1 saturated heterocycles. The molecule has 0 aliphatic carbocycles. The van der Waals surface area contributed by atoms with Crippen LogP contribution < -0.4 is 14.8 Å². The zero-order chi connectivity index (χ0) is 26.0. The summed E-state index contributed by atoms with van der Waals surface area (Å²) in [6.45, 7) is 6.24. The van der Waals surface area contributed by atoms with Crippen LogP contribution in [0.5, 0.6) is 11.5 Å². The molecule has 1 aliphatic heterocycles. The predicted molar refractivity (Wildman–Crippen MR) is 143 cm³/mol. The molecule has 2 heterocycles. The van der Waals surface area contributed by atoms with E-state index in [1.807, 2.05) is 37.3 Å². The second-order valence-corrected chi connectivity index (χ2v) is 9.13. The number of likely N-dealkylation sites (tertiary alicyclic amines) is 1. The number of benzene rings is 2. The van der Waals surface area contributed by atoms with E-state index in [2.05, 4.69) is 27.2 Å². The van der Waals surface area contributed by atoms with Gasteiger partial charge in [-0.25, -0.2) is 0 Å². The van der Waals surface area contributed by atoms with Gasteiger partial charge in [0.05, 0.1) is 6.61 Å². The largest absolute Gasteiger partial charge is 0.492 e. The summed E-state index contributed by atoms with van der Waals surface area (Å²) in [5.41, 5.74) is 1.92. The van der Waals surface area contributed by atoms with Gasteiger partial charge in [0, 0.05) is 49.7 Å². The van der Waals surface area contributed by atoms with Crippen molar-refractivity contribution in [2.75, 3.05) is 45.3 Å². The highest BCUT2D eigenvalue weighted by Crippen LogP contribution is 2.20. The van der Waals surface area contributed by atoms with Crippen LogP contribution in [0.15, 0.2) is 54.7 Å². The first-order chi connectivity index (χ1) is 18.0. The van der Waals surface area contributed by atoms with Crippen molar-refractivity contribution in [3.63, 3.8) is 0 Å². The van der Waals surface area contributed by atoms with E-state index >= 15 is 0 Å². The summed E-state index contributed by atoms with van der Waals surface area (Å²) >= 11 is 0. The van der Waals surface area contributed by atoms with E-state index in [-0.39, 0.29) is 12.0 Å². The fraction of sp³-hybridized carbons (Fsp3) is 0.379. The van der Waals surface area contributed by atoms with Gasteiger partial charge in [0.25, 0.3) is 5.91 Å². The molecule has 2 aromatic carbocycles. The Morgan fingerprint density at radius 2 is 1.86 bits per heavy atom. The molecular weight excluding hydrogens is 468 g/mol. The van der Waals surface area contributed by atoms with E-state index in [4.69, 9.17) is 14.2 Å². The highest BCUT2D eigenvalue weighted by Gasteiger charge is 2.13. The summed E-state index contributed by atoms with van der Waals surface area (Å²) in [6.07, 6.45) is 4.13. The van der Waals surface area contributed by atoms with Gasteiger partial charge in [-0.15, -0.1) is 0 Å². The SMILES string of the molecule is COC[C@H](C)Oc1cc(C#Cc2cccc(OCCN3CCCC3)c2)cc(C(=O)Nc2ccn(C)n2)c1. The van der Waals surface area contributed by atoms with E-state index in [0.717, 1.165) is 30.9 Å². The first kappa shape index (κ1) is 26.3. The van der Waals surface area contributed by atoms with E-state index in [9.17, 15) is 4.79 Å². The topological polar surface area (TPSA) is 77.9 Å². The highest BCUT2D eigenvalue weighted by molar-refractivity contribution is 6.04. The summed E-state index contributed by atoms with van der Waals surface area (Å²) in [6, 6.07) is 14.8. The molecule has 1 fully saturated rings. The van der Waals surface area contributed by atoms with Crippen molar-refractivity contribution in [3.8, 4) is 23.3 Å². The lowest BCUT2D eigenvalue weighted by Gasteiger charge is -2.15. The Labute approximate surface area is 218 Å². The third-order valence-electron chi connectivity index (χ3n) is 5.92. The van der Waals surface area contributed by atoms with E-state index in [0.29, 0.717) is 35.9 Å². The number of anilines is 1. The van der Waals surface area contributed by atoms with Crippen molar-refractivity contribution in [1.29, 1.82) is 0 Å². The number of ether oxygens (including phenoxy) is 3. The van der Waals surface area contributed by atoms with Crippen LogP contribution in [-0.4, -0.2) is 66.6 Å². The molecule has 1 N–H and O–H groups in total. The van der Waals surface area contributed by atoms with Gasteiger partial charge in [-0.1, -0.05) is 17.9 Å². The Morgan fingerprint density at radius 1 is 1.08 bits per heavy atom. The maximum Gasteiger partial charge on any atom is 0.257 e. The van der Waals surface area contributed by atoms with Crippen molar-refractivity contribution in [2.45, 2.75) is 25.9 Å². The summed E-state index contributed by atoms with van der Waals surface area (Å²) in [7, 11) is 3.42. The second kappa shape index (κ2) is 12.9. The zero-order valence-electron chi connectivity index (χ0n) is 21.7. The molecule has 8 nitrogen and oxygen atoms in total. The van der Waals surface area contributed by atoms with Crippen molar-refractivity contribution in [3.05, 3.63) is 71.4 Å². The molecule has 8 heteroatoms. The number of methoxy groups -OCH3 is 1. The average molecular weight is 503 g/mol. The van der Waals surface area contributed by atoms with Gasteiger partial charge < -0.3 is 19.5 Å². The van der Waals surface area contributed by atoms with Crippen molar-refractivity contribution in [2.24, 2.45) is 7.05 Å². The highest BCUT2D eigenvalue weighted by atomic mass is 16.5. The summed E-state index contributed by atoms with van der Waals surface area (Å²) in [4.78, 5) is 15.4. The first-order valence-corrected chi connectivity index (χ1v) is 12.6. The van der Waals surface area contributed by atoms with Crippen LogP contribution in [0.1, 0.15) is 41.3 Å². The fourth-order valence-electron chi connectivity index (χ4n) is 4.15. The summed E-state index contributed by atoms with van der Waals surface area (Å²) in [5.74, 6) is 7.89. The lowest BCUT2D eigenvalue weighted by molar-refractivity contribution is 0.0917. The van der Waals surface area contributed by atoms with E-state index < -0.39 is 0 Å². The first-order valence-electron chi connectivity index (χ1n) is 12.6. The number of carbonyl (C=O) groups is 1. The van der Waals surface area contributed by atoms with Gasteiger partial charge in [-0.3, -0.25) is 14.4 Å². The lowest BCUT2D eigenvalue weighted by Crippen LogP contribution is -2.25. The Morgan fingerprint density at radius 3 is 2.62 bits per heavy atom. The molecule has 0 saturated carbocycles. The number of nitrogens with zero attached hydrogens (tertiary/aromatic N) is 3. The molecule has 3 aromatic rings. The Hall–Kier alpha value is -3.80. The number of hydrogen-bond acceptors (Lipinski definition) is 6. The predicted octanol–water partition coefficient (Wildman–Crippen LogP) is 3.96. The van der Waals surface area contributed by atoms with Crippen LogP contribution in [0, 0.1) is 11.8 Å². The molecule has 4 rings (SSSR count). The number of hydrogen-bond donors (Lipinski definition) is 1. The molecule has 1 amide bonds. The normalized spacial score (nSPS) is 14.0. The number of aryl methyl sites for hydroxylation is 1. The Balaban J connectivity index is 1.50. The summed E-state index contributed by atoms with van der Waals surface area (Å²) < 4.78 is 18.7. The third kappa shape index (κ3) is 8.10. The maximum absolute atomic E-state index is 12.9. The van der Waals surface area contributed by atoms with Crippen LogP contribution in [-0.2, 0) is 11.8 Å². The fourth-order valence-corrected chi connectivity index (χ4v) is 4.15. The van der Waals surface area contributed by atoms with Gasteiger partial charge in [0.2, 0.25) is 0 Å². The lowest BCUT2D eigenvalue weighted by atomic mass is 10.1. The number of nitrogens with one attached hydrogen (secondary N) is 1. The molecule has 0 radical (unpaired) electrons. The smallest absolute Gasteiger partial charge is 0.257 e. The Kier molecular flexibility index (Phi) is 9.19. The minimum atomic E-state index is -0.292. The number of rotatable bonds is 10. The van der Waals surface area contributed by atoms with Crippen molar-refractivity contribution < 1.29 is 19.0 Å². The summed E-state index contributed by atoms with van der Waals surface area (Å²) in [5, 5.41) is 7.03. The molecule has 194 valence electrons. The van der Waals surface area contributed by atoms with Crippen molar-refractivity contribution in [1.82, 2.24) is 14.7 Å². The van der Waals surface area contributed by atoms with Crippen molar-refractivity contribution >= 4 is 11.7 Å². The number of aromatic nitrogens is 2. The zero-order valence-corrected chi connectivity index (χ0v) is 21.7. The molecule has 1 aliphatic rings. The molecule has 37 heavy (non-hydrogen) atoms. The quantitative estimate of drug-likeness (QED) is 0.423. The Bertz CT molecular complexity index is 1250. The van der Waals surface area contributed by atoms with E-state index in [1.165, 1.54) is 12.8 Å². The van der Waals surface area contributed by atoms with Crippen LogP contribution in [0.25, 0.3) is 0 Å². The monoisotopic (exact) mass is 502 g/mol. The number of amides is 1. The minimum absolute atomic E-state index is 0.186. The number of carbonyl (C=O) groups excluding carboxylic acids is 1. The van der Waals surface area contributed by atoms with Crippen LogP contribution in [0.3, 0.4) is 0 Å². The molecule has 1 atom stereocenters. The average Bonchev–Trinajstić information content (AvgIpc) is 3.55. The van der Waals surface area contributed by atoms with Gasteiger partial charge in [-0.05, 0) is 69.3 Å². The third-order valence-corrected chi connectivity index (χ3v) is 5.92. The van der Waals surface area contributed by atoms with Crippen LogP contribution >= 0.6 is 0 Å². The molecule has 0 bridgehead atoms. The van der Waals surface area contributed by atoms with Gasteiger partial charge >= 0.3 is 0 Å². The molecular formula is C29H34N4O4. The van der Waals surface area contributed by atoms with Gasteiger partial charge in [0.15, 0.2) is 5.82 Å².